The van der Waals surface area contributed by atoms with Crippen LogP contribution in [-0.2, 0) is 38.9 Å². The standard InChI is InChI=1S/C30H47N5O8/c1-7-41-29(4,5)28(39)35-26(33-16-31)19-12-13-21(34-19)30(6)25(37)24(42-27(38)23(32)17(2)3)20(43-30)15-40-22(36)14-18-10-8-9-11-18/h12-13,16-18,20,23-25,34,37H,7-11,14-15,32H2,1-6H3,(H2,31,33,35,39)/t20-,23+,24-,25-,30+/m1/s1. The lowest BCUT2D eigenvalue weighted by Crippen LogP contribution is -2.47. The summed E-state index contributed by atoms with van der Waals surface area (Å²) >= 11 is 0. The molecule has 3 rings (SSSR count). The minimum atomic E-state index is -1.45. The first kappa shape index (κ1) is 34.4. The third kappa shape index (κ3) is 8.28. The summed E-state index contributed by atoms with van der Waals surface area (Å²) in [7, 11) is 0. The Morgan fingerprint density at radius 3 is 2.58 bits per heavy atom. The number of nitrogens with zero attached hydrogens (tertiary/aromatic N) is 1. The average Bonchev–Trinajstić information content (AvgIpc) is 3.69. The molecule has 1 aromatic heterocycles. The van der Waals surface area contributed by atoms with Crippen molar-refractivity contribution in [1.29, 1.82) is 5.41 Å². The number of aliphatic imine (C=N–C) groups is 1. The van der Waals surface area contributed by atoms with Crippen molar-refractivity contribution in [3.8, 4) is 0 Å². The fourth-order valence-electron chi connectivity index (χ4n) is 5.37. The second kappa shape index (κ2) is 14.6. The summed E-state index contributed by atoms with van der Waals surface area (Å²) in [5, 5.41) is 21.6. The number of aliphatic hydroxyl groups excluding tert-OH is 1. The van der Waals surface area contributed by atoms with Gasteiger partial charge in [0.15, 0.2) is 11.9 Å². The van der Waals surface area contributed by atoms with Gasteiger partial charge in [0.25, 0.3) is 5.91 Å². The zero-order chi connectivity index (χ0) is 31.9. The molecule has 6 N–H and O–H groups in total. The third-order valence-electron chi connectivity index (χ3n) is 8.17. The van der Waals surface area contributed by atoms with Crippen molar-refractivity contribution in [1.82, 2.24) is 10.3 Å². The number of amidine groups is 1. The molecule has 1 saturated heterocycles. The summed E-state index contributed by atoms with van der Waals surface area (Å²) in [6.07, 6.45) is 1.71. The number of hydrogen-bond acceptors (Lipinski definition) is 10. The first-order chi connectivity index (χ1) is 20.2. The Bertz CT molecular complexity index is 1180. The number of amides is 1. The van der Waals surface area contributed by atoms with E-state index in [0.29, 0.717) is 30.3 Å². The number of H-pyrrole nitrogens is 1. The van der Waals surface area contributed by atoms with Crippen LogP contribution in [0.5, 0.6) is 0 Å². The molecule has 2 heterocycles. The summed E-state index contributed by atoms with van der Waals surface area (Å²) in [4.78, 5) is 45.3. The molecule has 13 heteroatoms. The number of hydrogen-bond donors (Lipinski definition) is 5. The van der Waals surface area contributed by atoms with Crippen molar-refractivity contribution in [2.45, 2.75) is 109 Å². The highest BCUT2D eigenvalue weighted by atomic mass is 16.6. The maximum atomic E-state index is 12.8. The topological polar surface area (TPSA) is 198 Å². The lowest BCUT2D eigenvalue weighted by Gasteiger charge is -2.27. The van der Waals surface area contributed by atoms with E-state index in [-0.39, 0.29) is 24.3 Å². The zero-order valence-corrected chi connectivity index (χ0v) is 26.0. The van der Waals surface area contributed by atoms with Crippen molar-refractivity contribution in [3.05, 3.63) is 23.5 Å². The zero-order valence-electron chi connectivity index (χ0n) is 26.0. The van der Waals surface area contributed by atoms with E-state index >= 15 is 0 Å². The Hall–Kier alpha value is -3.13. The van der Waals surface area contributed by atoms with Crippen LogP contribution in [0.3, 0.4) is 0 Å². The molecule has 0 spiro atoms. The van der Waals surface area contributed by atoms with Crippen LogP contribution in [0.4, 0.5) is 0 Å². The highest BCUT2D eigenvalue weighted by Crippen LogP contribution is 2.41. The van der Waals surface area contributed by atoms with Crippen molar-refractivity contribution in [3.63, 3.8) is 0 Å². The van der Waals surface area contributed by atoms with Crippen LogP contribution in [0.2, 0.25) is 0 Å². The van der Waals surface area contributed by atoms with E-state index in [1.165, 1.54) is 0 Å². The number of nitrogens with two attached hydrogens (primary N) is 1. The number of ether oxygens (including phenoxy) is 4. The van der Waals surface area contributed by atoms with Crippen LogP contribution in [0.15, 0.2) is 17.1 Å². The molecule has 43 heavy (non-hydrogen) atoms. The van der Waals surface area contributed by atoms with Gasteiger partial charge >= 0.3 is 11.9 Å². The molecule has 1 amide bonds. The first-order valence-electron chi connectivity index (χ1n) is 14.9. The van der Waals surface area contributed by atoms with Crippen LogP contribution >= 0.6 is 0 Å². The molecule has 0 radical (unpaired) electrons. The molecule has 1 aliphatic heterocycles. The molecular weight excluding hydrogens is 558 g/mol. The number of esters is 2. The van der Waals surface area contributed by atoms with Crippen molar-refractivity contribution in [2.75, 3.05) is 13.2 Å². The lowest BCUT2D eigenvalue weighted by atomic mass is 9.93. The summed E-state index contributed by atoms with van der Waals surface area (Å²) < 4.78 is 23.0. The number of aromatic nitrogens is 1. The monoisotopic (exact) mass is 605 g/mol. The maximum absolute atomic E-state index is 12.8. The smallest absolute Gasteiger partial charge is 0.323 e. The fraction of sp³-hybridized carbons (Fsp3) is 0.700. The molecule has 2 aliphatic rings. The quantitative estimate of drug-likeness (QED) is 0.127. The minimum Gasteiger partial charge on any atom is -0.463 e. The van der Waals surface area contributed by atoms with Crippen molar-refractivity contribution in [2.24, 2.45) is 22.6 Å². The van der Waals surface area contributed by atoms with Crippen LogP contribution in [0.1, 0.15) is 85.0 Å². The van der Waals surface area contributed by atoms with E-state index < -0.39 is 47.4 Å². The molecular formula is C30H47N5O8. The molecule has 0 unspecified atom stereocenters. The molecule has 2 fully saturated rings. The van der Waals surface area contributed by atoms with Gasteiger partial charge in [-0.2, -0.15) is 0 Å². The van der Waals surface area contributed by atoms with E-state index in [9.17, 15) is 19.5 Å². The summed E-state index contributed by atoms with van der Waals surface area (Å²) in [5.74, 6) is -1.41. The molecule has 5 atom stereocenters. The molecule has 240 valence electrons. The van der Waals surface area contributed by atoms with Gasteiger partial charge in [0.05, 0.1) is 11.4 Å². The van der Waals surface area contributed by atoms with Gasteiger partial charge in [-0.05, 0) is 64.5 Å². The largest absolute Gasteiger partial charge is 0.463 e. The molecule has 0 bridgehead atoms. The normalized spacial score (nSPS) is 25.5. The van der Waals surface area contributed by atoms with Crippen molar-refractivity contribution < 1.29 is 38.4 Å². The van der Waals surface area contributed by atoms with E-state index in [2.05, 4.69) is 15.3 Å². The second-order valence-corrected chi connectivity index (χ2v) is 12.2. The Labute approximate surface area is 252 Å². The predicted octanol–water partition coefficient (Wildman–Crippen LogP) is 2.29. The van der Waals surface area contributed by atoms with Crippen LogP contribution in [0.25, 0.3) is 0 Å². The number of aliphatic hydroxyl groups is 1. The Morgan fingerprint density at radius 2 is 1.98 bits per heavy atom. The predicted molar refractivity (Wildman–Crippen MR) is 158 cm³/mol. The molecule has 1 aliphatic carbocycles. The van der Waals surface area contributed by atoms with Gasteiger partial charge in [-0.25, -0.2) is 4.99 Å². The SMILES string of the molecule is CCOC(C)(C)C(=O)N/C(=N/C=N)c1ccc([C@]2(C)O[C@H](COC(=O)CC3CCCC3)[C@@H](OC(=O)[C@@H](N)C(C)C)[C@H]2O)[nH]1. The second-order valence-electron chi connectivity index (χ2n) is 12.2. The Kier molecular flexibility index (Phi) is 11.6. The Balaban J connectivity index is 1.84. The molecule has 1 aromatic rings. The van der Waals surface area contributed by atoms with Crippen LogP contribution in [0, 0.1) is 17.2 Å². The Morgan fingerprint density at radius 1 is 1.30 bits per heavy atom. The molecule has 13 nitrogen and oxygen atoms in total. The van der Waals surface area contributed by atoms with Gasteiger partial charge in [0.2, 0.25) is 0 Å². The lowest BCUT2D eigenvalue weighted by molar-refractivity contribution is -0.162. The number of aromatic amines is 1. The number of carbonyl (C=O) groups is 3. The fourth-order valence-corrected chi connectivity index (χ4v) is 5.37. The van der Waals surface area contributed by atoms with E-state index in [1.807, 2.05) is 0 Å². The highest BCUT2D eigenvalue weighted by molar-refractivity contribution is 6.10. The first-order valence-corrected chi connectivity index (χ1v) is 14.9. The van der Waals surface area contributed by atoms with Crippen LogP contribution in [-0.4, -0.2) is 83.3 Å². The average molecular weight is 606 g/mol. The summed E-state index contributed by atoms with van der Waals surface area (Å²) in [5.41, 5.74) is 4.12. The third-order valence-corrected chi connectivity index (χ3v) is 8.17. The van der Waals surface area contributed by atoms with Gasteiger partial charge in [-0.1, -0.05) is 26.7 Å². The minimum absolute atomic E-state index is 0.0541. The van der Waals surface area contributed by atoms with E-state index in [0.717, 1.165) is 32.0 Å². The summed E-state index contributed by atoms with van der Waals surface area (Å²) in [6, 6.07) is 2.31. The van der Waals surface area contributed by atoms with Crippen molar-refractivity contribution >= 4 is 30.0 Å². The maximum Gasteiger partial charge on any atom is 0.323 e. The van der Waals surface area contributed by atoms with Crippen LogP contribution < -0.4 is 11.1 Å². The molecule has 1 saturated carbocycles. The number of carbonyl (C=O) groups excluding carboxylic acids is 3. The van der Waals surface area contributed by atoms with Gasteiger partial charge in [-0.3, -0.25) is 19.8 Å². The van der Waals surface area contributed by atoms with Gasteiger partial charge in [0.1, 0.15) is 42.4 Å². The summed E-state index contributed by atoms with van der Waals surface area (Å²) in [6.45, 7) is 10.3. The highest BCUT2D eigenvalue weighted by Gasteiger charge is 2.56. The molecule has 0 aromatic carbocycles. The van der Waals surface area contributed by atoms with E-state index in [4.69, 9.17) is 30.1 Å². The van der Waals surface area contributed by atoms with Gasteiger partial charge in [0, 0.05) is 13.0 Å². The van der Waals surface area contributed by atoms with Gasteiger partial charge in [-0.15, -0.1) is 0 Å². The number of rotatable bonds is 13. The number of nitrogens with one attached hydrogen (secondary N) is 3. The van der Waals surface area contributed by atoms with E-state index in [1.54, 1.807) is 53.7 Å². The van der Waals surface area contributed by atoms with Gasteiger partial charge < -0.3 is 40.1 Å².